The van der Waals surface area contributed by atoms with Crippen LogP contribution in [0.25, 0.3) is 16.5 Å². The number of benzene rings is 3. The number of hydrogen-bond acceptors (Lipinski definition) is 4. The third-order valence-corrected chi connectivity index (χ3v) is 5.76. The largest absolute Gasteiger partial charge is 0.507 e. The van der Waals surface area contributed by atoms with E-state index < -0.39 is 17.7 Å². The quantitative estimate of drug-likeness (QED) is 0.259. The molecule has 1 N–H and O–H groups in total. The van der Waals surface area contributed by atoms with E-state index in [-0.39, 0.29) is 11.3 Å². The molecule has 0 radical (unpaired) electrons. The number of aliphatic hydroxyl groups excluding tert-OH is 1. The maximum atomic E-state index is 13.2. The molecule has 0 spiro atoms. The Bertz CT molecular complexity index is 1400. The number of fused-ring (bicyclic) bond motifs is 1. The summed E-state index contributed by atoms with van der Waals surface area (Å²) in [5.74, 6) is -1.76. The van der Waals surface area contributed by atoms with Crippen LogP contribution in [0.1, 0.15) is 17.3 Å². The molecule has 1 aromatic heterocycles. The Morgan fingerprint density at radius 3 is 2.41 bits per heavy atom. The number of ketones is 1. The van der Waals surface area contributed by atoms with Crippen LogP contribution in [-0.4, -0.2) is 21.8 Å². The van der Waals surface area contributed by atoms with Crippen LogP contribution in [0.2, 0.25) is 5.02 Å². The van der Waals surface area contributed by atoms with E-state index in [1.807, 2.05) is 30.3 Å². The molecule has 0 saturated carbocycles. The minimum Gasteiger partial charge on any atom is -0.507 e. The highest BCUT2D eigenvalue weighted by molar-refractivity contribution is 6.51. The highest BCUT2D eigenvalue weighted by Crippen LogP contribution is 2.42. The van der Waals surface area contributed by atoms with Gasteiger partial charge in [0.05, 0.1) is 11.3 Å². The average Bonchev–Trinajstić information content (AvgIpc) is 3.09. The van der Waals surface area contributed by atoms with Gasteiger partial charge in [-0.2, -0.15) is 0 Å². The summed E-state index contributed by atoms with van der Waals surface area (Å²) in [6, 6.07) is 24.2. The summed E-state index contributed by atoms with van der Waals surface area (Å²) in [6.07, 6.45) is 1.59. The Morgan fingerprint density at radius 1 is 0.875 bits per heavy atom. The van der Waals surface area contributed by atoms with Gasteiger partial charge in [-0.15, -0.1) is 0 Å². The predicted molar refractivity (Wildman–Crippen MR) is 124 cm³/mol. The third-order valence-electron chi connectivity index (χ3n) is 5.52. The van der Waals surface area contributed by atoms with E-state index in [0.717, 1.165) is 10.8 Å². The lowest BCUT2D eigenvalue weighted by molar-refractivity contribution is -0.132. The highest BCUT2D eigenvalue weighted by Gasteiger charge is 2.47. The molecule has 0 bridgehead atoms. The Balaban J connectivity index is 1.73. The molecule has 1 atom stereocenters. The molecule has 156 valence electrons. The molecule has 1 unspecified atom stereocenters. The lowest BCUT2D eigenvalue weighted by Gasteiger charge is -2.24. The van der Waals surface area contributed by atoms with Crippen molar-refractivity contribution >= 4 is 45.5 Å². The monoisotopic (exact) mass is 440 g/mol. The molecule has 6 heteroatoms. The number of aliphatic hydroxyl groups is 1. The Morgan fingerprint density at radius 2 is 1.66 bits per heavy atom. The molecule has 4 aromatic rings. The van der Waals surface area contributed by atoms with Gasteiger partial charge in [-0.1, -0.05) is 60.1 Å². The summed E-state index contributed by atoms with van der Waals surface area (Å²) in [5.41, 5.74) is 1.36. The predicted octanol–water partition coefficient (Wildman–Crippen LogP) is 5.51. The molecule has 1 saturated heterocycles. The number of hydrogen-bond donors (Lipinski definition) is 1. The first-order valence-electron chi connectivity index (χ1n) is 10.0. The highest BCUT2D eigenvalue weighted by atomic mass is 35.5. The smallest absolute Gasteiger partial charge is 0.300 e. The van der Waals surface area contributed by atoms with Crippen LogP contribution in [0.5, 0.6) is 0 Å². The summed E-state index contributed by atoms with van der Waals surface area (Å²) in [7, 11) is 0. The Hall–Kier alpha value is -3.96. The van der Waals surface area contributed by atoms with Crippen molar-refractivity contribution in [2.75, 3.05) is 4.90 Å². The number of carbonyl (C=O) groups is 2. The van der Waals surface area contributed by atoms with Gasteiger partial charge in [0.2, 0.25) is 0 Å². The second kappa shape index (κ2) is 7.94. The SMILES string of the molecule is O=C1C(=O)N(c2cccc(Cl)c2)C(c2ccccn2)/C1=C(/O)c1ccc2ccccc2c1. The first-order valence-corrected chi connectivity index (χ1v) is 10.4. The fraction of sp³-hybridized carbons (Fsp3) is 0.0385. The second-order valence-electron chi connectivity index (χ2n) is 7.47. The van der Waals surface area contributed by atoms with Crippen molar-refractivity contribution < 1.29 is 14.7 Å². The summed E-state index contributed by atoms with van der Waals surface area (Å²) in [5, 5.41) is 13.6. The number of nitrogens with zero attached hydrogens (tertiary/aromatic N) is 2. The molecular weight excluding hydrogens is 424 g/mol. The van der Waals surface area contributed by atoms with E-state index >= 15 is 0 Å². The van der Waals surface area contributed by atoms with Crippen molar-refractivity contribution in [3.05, 3.63) is 113 Å². The first kappa shape index (κ1) is 20.0. The minimum absolute atomic E-state index is 0.0102. The molecular formula is C26H17ClN2O3. The summed E-state index contributed by atoms with van der Waals surface area (Å²) < 4.78 is 0. The summed E-state index contributed by atoms with van der Waals surface area (Å²) in [6.45, 7) is 0. The molecule has 5 nitrogen and oxygen atoms in total. The maximum absolute atomic E-state index is 13.2. The van der Waals surface area contributed by atoms with Crippen LogP contribution in [0.3, 0.4) is 0 Å². The number of amides is 1. The van der Waals surface area contributed by atoms with Gasteiger partial charge in [0.25, 0.3) is 11.7 Å². The van der Waals surface area contributed by atoms with Crippen molar-refractivity contribution in [2.24, 2.45) is 0 Å². The molecule has 1 amide bonds. The van der Waals surface area contributed by atoms with Crippen LogP contribution in [0, 0.1) is 0 Å². The zero-order valence-corrected chi connectivity index (χ0v) is 17.5. The van der Waals surface area contributed by atoms with Gasteiger partial charge in [0.15, 0.2) is 0 Å². The lowest BCUT2D eigenvalue weighted by atomic mass is 9.97. The zero-order valence-electron chi connectivity index (χ0n) is 16.8. The molecule has 1 aliphatic rings. The number of pyridine rings is 1. The fourth-order valence-corrected chi connectivity index (χ4v) is 4.22. The van der Waals surface area contributed by atoms with Gasteiger partial charge in [-0.05, 0) is 47.2 Å². The van der Waals surface area contributed by atoms with Crippen LogP contribution in [0.15, 0.2) is 96.7 Å². The van der Waals surface area contributed by atoms with Gasteiger partial charge in [0.1, 0.15) is 11.8 Å². The topological polar surface area (TPSA) is 70.5 Å². The van der Waals surface area contributed by atoms with E-state index in [4.69, 9.17) is 11.6 Å². The Kier molecular flexibility index (Phi) is 4.96. The molecule has 2 heterocycles. The number of carbonyl (C=O) groups excluding carboxylic acids is 2. The molecule has 3 aromatic carbocycles. The lowest BCUT2D eigenvalue weighted by Crippen LogP contribution is -2.29. The van der Waals surface area contributed by atoms with Crippen molar-refractivity contribution in [2.45, 2.75) is 6.04 Å². The van der Waals surface area contributed by atoms with Crippen LogP contribution in [0.4, 0.5) is 5.69 Å². The van der Waals surface area contributed by atoms with E-state index in [1.165, 1.54) is 4.90 Å². The van der Waals surface area contributed by atoms with Crippen LogP contribution < -0.4 is 4.90 Å². The second-order valence-corrected chi connectivity index (χ2v) is 7.90. The Labute approximate surface area is 189 Å². The molecule has 0 aliphatic carbocycles. The van der Waals surface area contributed by atoms with Crippen molar-refractivity contribution in [1.82, 2.24) is 4.98 Å². The standard InChI is InChI=1S/C26H17ClN2O3/c27-19-8-5-9-20(15-19)29-23(21-10-3-4-13-28-21)22(25(31)26(29)32)24(30)18-12-11-16-6-1-2-7-17(16)14-18/h1-15,23,30H/b24-22-. The maximum Gasteiger partial charge on any atom is 0.300 e. The van der Waals surface area contributed by atoms with Crippen molar-refractivity contribution in [3.8, 4) is 0 Å². The van der Waals surface area contributed by atoms with Crippen LogP contribution >= 0.6 is 11.6 Å². The summed E-state index contributed by atoms with van der Waals surface area (Å²) >= 11 is 6.15. The molecule has 32 heavy (non-hydrogen) atoms. The van der Waals surface area contributed by atoms with E-state index in [0.29, 0.717) is 22.0 Å². The van der Waals surface area contributed by atoms with Gasteiger partial charge >= 0.3 is 0 Å². The van der Waals surface area contributed by atoms with Gasteiger partial charge in [0, 0.05) is 22.5 Å². The average molecular weight is 441 g/mol. The molecule has 1 fully saturated rings. The number of Topliss-reactive ketones (excluding diaryl/α,β-unsaturated/α-hetero) is 1. The van der Waals surface area contributed by atoms with Crippen molar-refractivity contribution in [1.29, 1.82) is 0 Å². The van der Waals surface area contributed by atoms with Crippen LogP contribution in [-0.2, 0) is 9.59 Å². The minimum atomic E-state index is -0.888. The number of aromatic nitrogens is 1. The van der Waals surface area contributed by atoms with Gasteiger partial charge in [-0.3, -0.25) is 19.5 Å². The van der Waals surface area contributed by atoms with Gasteiger partial charge < -0.3 is 5.11 Å². The van der Waals surface area contributed by atoms with Crippen molar-refractivity contribution in [3.63, 3.8) is 0 Å². The first-order chi connectivity index (χ1) is 15.5. The zero-order chi connectivity index (χ0) is 22.2. The number of anilines is 1. The van der Waals surface area contributed by atoms with E-state index in [9.17, 15) is 14.7 Å². The van der Waals surface area contributed by atoms with E-state index in [1.54, 1.807) is 60.8 Å². The third kappa shape index (κ3) is 3.33. The normalized spacial score (nSPS) is 17.8. The number of rotatable bonds is 3. The number of halogens is 1. The molecule has 5 rings (SSSR count). The van der Waals surface area contributed by atoms with Gasteiger partial charge in [-0.25, -0.2) is 0 Å². The molecule has 1 aliphatic heterocycles. The van der Waals surface area contributed by atoms with E-state index in [2.05, 4.69) is 4.98 Å². The fourth-order valence-electron chi connectivity index (χ4n) is 4.03. The summed E-state index contributed by atoms with van der Waals surface area (Å²) in [4.78, 5) is 32.0.